The Balaban J connectivity index is 1.63. The molecule has 0 radical (unpaired) electrons. The van der Waals surface area contributed by atoms with Crippen molar-refractivity contribution in [1.82, 2.24) is 5.32 Å². The first kappa shape index (κ1) is 13.4. The predicted octanol–water partition coefficient (Wildman–Crippen LogP) is 3.15. The zero-order chi connectivity index (χ0) is 14.0. The maximum Gasteiger partial charge on any atom is 0.124 e. The van der Waals surface area contributed by atoms with Crippen molar-refractivity contribution in [2.24, 2.45) is 5.41 Å². The van der Waals surface area contributed by atoms with E-state index in [-0.39, 0.29) is 11.2 Å². The molecule has 0 bridgehead atoms. The minimum absolute atomic E-state index is 0.0460. The molecule has 0 unspecified atom stereocenters. The molecule has 2 saturated carbocycles. The molecule has 3 rings (SSSR count). The van der Waals surface area contributed by atoms with Gasteiger partial charge in [0.25, 0.3) is 0 Å². The van der Waals surface area contributed by atoms with Crippen LogP contribution < -0.4 is 10.1 Å². The van der Waals surface area contributed by atoms with Crippen LogP contribution in [-0.2, 0) is 6.54 Å². The number of nitrogens with zero attached hydrogens (tertiary/aromatic N) is 1. The van der Waals surface area contributed by atoms with Crippen molar-refractivity contribution in [3.63, 3.8) is 0 Å². The van der Waals surface area contributed by atoms with Crippen molar-refractivity contribution in [3.05, 3.63) is 29.6 Å². The first-order valence-corrected chi connectivity index (χ1v) is 7.22. The molecular weight excluding hydrogens is 255 g/mol. The fourth-order valence-corrected chi connectivity index (χ4v) is 2.32. The van der Waals surface area contributed by atoms with Crippen LogP contribution in [0.15, 0.2) is 18.2 Å². The second-order valence-electron chi connectivity index (χ2n) is 6.03. The fraction of sp³-hybridized carbons (Fsp3) is 0.562. The van der Waals surface area contributed by atoms with E-state index in [0.717, 1.165) is 24.2 Å². The fourth-order valence-electron chi connectivity index (χ4n) is 2.32. The van der Waals surface area contributed by atoms with Crippen LogP contribution in [0.1, 0.15) is 37.7 Å². The van der Waals surface area contributed by atoms with Crippen molar-refractivity contribution in [2.45, 2.75) is 44.7 Å². The van der Waals surface area contributed by atoms with E-state index in [4.69, 9.17) is 10.00 Å². The van der Waals surface area contributed by atoms with E-state index in [1.54, 1.807) is 6.07 Å². The lowest BCUT2D eigenvalue weighted by Gasteiger charge is -2.16. The zero-order valence-corrected chi connectivity index (χ0v) is 11.5. The van der Waals surface area contributed by atoms with E-state index in [0.29, 0.717) is 25.6 Å². The summed E-state index contributed by atoms with van der Waals surface area (Å²) >= 11 is 0. The lowest BCUT2D eigenvalue weighted by atomic mass is 10.1. The van der Waals surface area contributed by atoms with Crippen LogP contribution in [0.2, 0.25) is 0 Å². The number of hydrogen-bond acceptors (Lipinski definition) is 3. The highest BCUT2D eigenvalue weighted by Crippen LogP contribution is 2.48. The summed E-state index contributed by atoms with van der Waals surface area (Å²) in [5, 5.41) is 12.2. The van der Waals surface area contributed by atoms with Gasteiger partial charge in [-0.25, -0.2) is 4.39 Å². The van der Waals surface area contributed by atoms with Crippen LogP contribution in [0.4, 0.5) is 4.39 Å². The van der Waals surface area contributed by atoms with Crippen molar-refractivity contribution in [2.75, 3.05) is 6.61 Å². The number of rotatable bonds is 7. The Hall–Kier alpha value is -1.60. The summed E-state index contributed by atoms with van der Waals surface area (Å²) in [5.41, 5.74) is 0.911. The zero-order valence-electron chi connectivity index (χ0n) is 11.5. The van der Waals surface area contributed by atoms with E-state index in [2.05, 4.69) is 11.4 Å². The summed E-state index contributed by atoms with van der Waals surface area (Å²) in [5.74, 6) is 0.506. The Labute approximate surface area is 118 Å². The molecule has 20 heavy (non-hydrogen) atoms. The van der Waals surface area contributed by atoms with Gasteiger partial charge in [0.15, 0.2) is 0 Å². The molecule has 0 saturated heterocycles. The summed E-state index contributed by atoms with van der Waals surface area (Å²) in [6, 6.07) is 7.47. The summed E-state index contributed by atoms with van der Waals surface area (Å²) in [6.07, 6.45) is 5.06. The summed E-state index contributed by atoms with van der Waals surface area (Å²) < 4.78 is 19.2. The van der Waals surface area contributed by atoms with Crippen LogP contribution in [0.25, 0.3) is 0 Å². The smallest absolute Gasteiger partial charge is 0.124 e. The molecule has 1 N–H and O–H groups in total. The van der Waals surface area contributed by atoms with Crippen molar-refractivity contribution in [3.8, 4) is 11.8 Å². The summed E-state index contributed by atoms with van der Waals surface area (Å²) in [6.45, 7) is 1.20. The molecule has 2 fully saturated rings. The minimum Gasteiger partial charge on any atom is -0.493 e. The highest BCUT2D eigenvalue weighted by Gasteiger charge is 2.43. The van der Waals surface area contributed by atoms with Gasteiger partial charge in [-0.05, 0) is 43.9 Å². The van der Waals surface area contributed by atoms with E-state index in [1.165, 1.54) is 25.0 Å². The molecule has 2 aliphatic rings. The normalized spacial score (nSPS) is 19.4. The minimum atomic E-state index is -0.233. The highest BCUT2D eigenvalue weighted by atomic mass is 19.1. The third-order valence-electron chi connectivity index (χ3n) is 4.13. The van der Waals surface area contributed by atoms with Gasteiger partial charge in [0, 0.05) is 30.0 Å². The molecule has 106 valence electrons. The first-order valence-electron chi connectivity index (χ1n) is 7.22. The standard InChI is InChI=1S/C16H19FN2O/c17-13-1-4-15(12(9-13)10-19-14-2-3-14)20-11-16(5-6-16)7-8-18/h1,4,9,14,19H,2-3,5-7,10-11H2. The molecule has 4 heteroatoms. The second-order valence-corrected chi connectivity index (χ2v) is 6.03. The Morgan fingerprint density at radius 2 is 2.20 bits per heavy atom. The number of hydrogen-bond donors (Lipinski definition) is 1. The largest absolute Gasteiger partial charge is 0.493 e. The molecule has 0 atom stereocenters. The number of ether oxygens (including phenoxy) is 1. The van der Waals surface area contributed by atoms with Crippen molar-refractivity contribution in [1.29, 1.82) is 5.26 Å². The highest BCUT2D eigenvalue weighted by molar-refractivity contribution is 5.34. The van der Waals surface area contributed by atoms with Gasteiger partial charge in [0.05, 0.1) is 12.7 Å². The quantitative estimate of drug-likeness (QED) is 0.830. The van der Waals surface area contributed by atoms with Gasteiger partial charge in [0.2, 0.25) is 0 Å². The van der Waals surface area contributed by atoms with Crippen LogP contribution in [0.5, 0.6) is 5.75 Å². The predicted molar refractivity (Wildman–Crippen MR) is 73.7 cm³/mol. The Kier molecular flexibility index (Phi) is 3.62. The lowest BCUT2D eigenvalue weighted by molar-refractivity contribution is 0.234. The molecule has 2 aliphatic carbocycles. The maximum absolute atomic E-state index is 13.4. The van der Waals surface area contributed by atoms with E-state index < -0.39 is 0 Å². The number of halogens is 1. The van der Waals surface area contributed by atoms with Crippen LogP contribution in [0.3, 0.4) is 0 Å². The second kappa shape index (κ2) is 5.41. The summed E-state index contributed by atoms with van der Waals surface area (Å²) in [7, 11) is 0. The van der Waals surface area contributed by atoms with Crippen LogP contribution >= 0.6 is 0 Å². The molecule has 1 aromatic rings. The first-order chi connectivity index (χ1) is 9.71. The van der Waals surface area contributed by atoms with Gasteiger partial charge in [-0.2, -0.15) is 5.26 Å². The average Bonchev–Trinajstić information content (AvgIpc) is 3.32. The van der Waals surface area contributed by atoms with Gasteiger partial charge in [-0.15, -0.1) is 0 Å². The van der Waals surface area contributed by atoms with Gasteiger partial charge in [-0.3, -0.25) is 0 Å². The van der Waals surface area contributed by atoms with Crippen molar-refractivity contribution >= 4 is 0 Å². The van der Waals surface area contributed by atoms with E-state index >= 15 is 0 Å². The molecular formula is C16H19FN2O. The topological polar surface area (TPSA) is 45.0 Å². The maximum atomic E-state index is 13.4. The third-order valence-corrected chi connectivity index (χ3v) is 4.13. The van der Waals surface area contributed by atoms with E-state index in [1.807, 2.05) is 0 Å². The molecule has 1 aromatic carbocycles. The molecule has 0 aromatic heterocycles. The van der Waals surface area contributed by atoms with Gasteiger partial charge >= 0.3 is 0 Å². The number of nitrogens with one attached hydrogen (secondary N) is 1. The molecule has 0 spiro atoms. The lowest BCUT2D eigenvalue weighted by Crippen LogP contribution is -2.18. The van der Waals surface area contributed by atoms with Gasteiger partial charge in [-0.1, -0.05) is 0 Å². The molecule has 3 nitrogen and oxygen atoms in total. The Morgan fingerprint density at radius 3 is 2.85 bits per heavy atom. The monoisotopic (exact) mass is 274 g/mol. The molecule has 0 amide bonds. The SMILES string of the molecule is N#CCC1(COc2ccc(F)cc2CNC2CC2)CC1. The average molecular weight is 274 g/mol. The van der Waals surface area contributed by atoms with E-state index in [9.17, 15) is 4.39 Å². The van der Waals surface area contributed by atoms with Crippen molar-refractivity contribution < 1.29 is 9.13 Å². The van der Waals surface area contributed by atoms with Crippen LogP contribution in [0, 0.1) is 22.6 Å². The third kappa shape index (κ3) is 3.29. The van der Waals surface area contributed by atoms with Gasteiger partial charge in [0.1, 0.15) is 11.6 Å². The number of benzene rings is 1. The van der Waals surface area contributed by atoms with Gasteiger partial charge < -0.3 is 10.1 Å². The molecule has 0 heterocycles. The summed E-state index contributed by atoms with van der Waals surface area (Å²) in [4.78, 5) is 0. The molecule has 0 aliphatic heterocycles. The number of nitriles is 1. The Bertz CT molecular complexity index is 530. The Morgan fingerprint density at radius 1 is 1.40 bits per heavy atom. The van der Waals surface area contributed by atoms with Crippen LogP contribution in [-0.4, -0.2) is 12.6 Å².